The van der Waals surface area contributed by atoms with Gasteiger partial charge in [0.25, 0.3) is 10.2 Å². The highest BCUT2D eigenvalue weighted by Crippen LogP contribution is 2.09. The molecule has 6 heteroatoms. The topological polar surface area (TPSA) is 40.6 Å². The smallest absolute Gasteiger partial charge is 0.195 e. The van der Waals surface area contributed by atoms with Crippen LogP contribution in [-0.2, 0) is 10.2 Å². The zero-order chi connectivity index (χ0) is 11.9. The average molecular weight is 301 g/mol. The van der Waals surface area contributed by atoms with E-state index in [-0.39, 0.29) is 0 Å². The first kappa shape index (κ1) is 15.3. The van der Waals surface area contributed by atoms with E-state index in [9.17, 15) is 8.42 Å². The third kappa shape index (κ3) is 4.38. The van der Waals surface area contributed by atoms with Crippen molar-refractivity contribution in [3.63, 3.8) is 0 Å². The highest BCUT2D eigenvalue weighted by atomic mass is 79.9. The maximum Gasteiger partial charge on any atom is 0.281 e. The van der Waals surface area contributed by atoms with Gasteiger partial charge < -0.3 is 0 Å². The molecule has 0 atom stereocenters. The van der Waals surface area contributed by atoms with Crippen LogP contribution >= 0.6 is 15.9 Å². The van der Waals surface area contributed by atoms with E-state index < -0.39 is 10.2 Å². The highest BCUT2D eigenvalue weighted by Gasteiger charge is 2.25. The summed E-state index contributed by atoms with van der Waals surface area (Å²) >= 11 is 3.28. The fourth-order valence-electron chi connectivity index (χ4n) is 1.40. The summed E-state index contributed by atoms with van der Waals surface area (Å²) in [6.45, 7) is 7.89. The number of halogens is 1. The number of rotatable bonds is 8. The Morgan fingerprint density at radius 1 is 1.00 bits per heavy atom. The van der Waals surface area contributed by atoms with Crippen LogP contribution in [0.15, 0.2) is 0 Å². The van der Waals surface area contributed by atoms with Gasteiger partial charge in [0.15, 0.2) is 0 Å². The molecule has 15 heavy (non-hydrogen) atoms. The van der Waals surface area contributed by atoms with Crippen molar-refractivity contribution < 1.29 is 8.42 Å². The van der Waals surface area contributed by atoms with Gasteiger partial charge in [-0.3, -0.25) is 0 Å². The second kappa shape index (κ2) is 7.60. The van der Waals surface area contributed by atoms with Crippen LogP contribution in [0.5, 0.6) is 0 Å². The molecular formula is C9H21BrN2O2S. The lowest BCUT2D eigenvalue weighted by Crippen LogP contribution is -2.44. The molecule has 0 aromatic heterocycles. The van der Waals surface area contributed by atoms with Gasteiger partial charge in [0, 0.05) is 31.5 Å². The molecule has 0 N–H and O–H groups in total. The van der Waals surface area contributed by atoms with Crippen LogP contribution in [0.25, 0.3) is 0 Å². The van der Waals surface area contributed by atoms with Crippen molar-refractivity contribution in [1.82, 2.24) is 8.61 Å². The summed E-state index contributed by atoms with van der Waals surface area (Å²) in [5.41, 5.74) is 0. The molecule has 0 aromatic rings. The van der Waals surface area contributed by atoms with Crippen molar-refractivity contribution in [2.75, 3.05) is 31.5 Å². The Balaban J connectivity index is 4.75. The summed E-state index contributed by atoms with van der Waals surface area (Å²) in [7, 11) is -3.25. The molecule has 0 bridgehead atoms. The second-order valence-electron chi connectivity index (χ2n) is 3.18. The number of nitrogens with zero attached hydrogens (tertiary/aromatic N) is 2. The molecule has 92 valence electrons. The predicted octanol–water partition coefficient (Wildman–Crippen LogP) is 1.68. The molecule has 4 nitrogen and oxygen atoms in total. The highest BCUT2D eigenvalue weighted by molar-refractivity contribution is 9.09. The molecule has 0 spiro atoms. The summed E-state index contributed by atoms with van der Waals surface area (Å²) in [6.07, 6.45) is 0.841. The lowest BCUT2D eigenvalue weighted by molar-refractivity contribution is 0.358. The largest absolute Gasteiger partial charge is 0.281 e. The van der Waals surface area contributed by atoms with Crippen LogP contribution in [0.1, 0.15) is 27.2 Å². The monoisotopic (exact) mass is 300 g/mol. The van der Waals surface area contributed by atoms with Gasteiger partial charge in [0.05, 0.1) is 0 Å². The van der Waals surface area contributed by atoms with Gasteiger partial charge in [-0.05, 0) is 6.42 Å². The van der Waals surface area contributed by atoms with Crippen molar-refractivity contribution in [2.45, 2.75) is 27.2 Å². The van der Waals surface area contributed by atoms with E-state index in [4.69, 9.17) is 0 Å². The van der Waals surface area contributed by atoms with E-state index in [1.807, 2.05) is 20.8 Å². The number of alkyl halides is 1. The molecule has 0 aromatic carbocycles. The first-order chi connectivity index (χ1) is 7.04. The van der Waals surface area contributed by atoms with Crippen LogP contribution in [0.3, 0.4) is 0 Å². The molecule has 0 saturated carbocycles. The van der Waals surface area contributed by atoms with E-state index in [1.54, 1.807) is 0 Å². The first-order valence-electron chi connectivity index (χ1n) is 5.35. The van der Waals surface area contributed by atoms with Crippen LogP contribution in [0, 0.1) is 0 Å². The minimum atomic E-state index is -3.25. The summed E-state index contributed by atoms with van der Waals surface area (Å²) < 4.78 is 27.2. The molecule has 0 heterocycles. The number of hydrogen-bond acceptors (Lipinski definition) is 2. The second-order valence-corrected chi connectivity index (χ2v) is 5.90. The molecule has 0 fully saturated rings. The van der Waals surface area contributed by atoms with Crippen LogP contribution in [0.2, 0.25) is 0 Å². The predicted molar refractivity (Wildman–Crippen MR) is 67.5 cm³/mol. The Labute approximate surface area is 102 Å². The van der Waals surface area contributed by atoms with Gasteiger partial charge in [-0.15, -0.1) is 0 Å². The molecule has 0 aliphatic carbocycles. The van der Waals surface area contributed by atoms with E-state index in [2.05, 4.69) is 15.9 Å². The summed E-state index contributed by atoms with van der Waals surface area (Å²) in [5.74, 6) is 0. The minimum absolute atomic E-state index is 0.529. The van der Waals surface area contributed by atoms with E-state index >= 15 is 0 Å². The first-order valence-corrected chi connectivity index (χ1v) is 7.87. The fourth-order valence-corrected chi connectivity index (χ4v) is 3.78. The van der Waals surface area contributed by atoms with E-state index in [0.717, 1.165) is 6.42 Å². The Bertz CT molecular complexity index is 247. The minimum Gasteiger partial charge on any atom is -0.195 e. The standard InChI is InChI=1S/C9H21BrN2O2S/c1-4-8-12(9-7-10)15(13,14)11(5-2)6-3/h4-9H2,1-3H3. The van der Waals surface area contributed by atoms with Gasteiger partial charge in [0.1, 0.15) is 0 Å². The van der Waals surface area contributed by atoms with Crippen LogP contribution in [0.4, 0.5) is 0 Å². The van der Waals surface area contributed by atoms with Crippen molar-refractivity contribution in [2.24, 2.45) is 0 Å². The van der Waals surface area contributed by atoms with Crippen molar-refractivity contribution >= 4 is 26.1 Å². The molecule has 0 aliphatic rings. The molecule has 0 rings (SSSR count). The van der Waals surface area contributed by atoms with E-state index in [1.165, 1.54) is 8.61 Å². The molecule has 0 amide bonds. The average Bonchev–Trinajstić information content (AvgIpc) is 2.19. The fraction of sp³-hybridized carbons (Fsp3) is 1.00. The molecular weight excluding hydrogens is 280 g/mol. The Kier molecular flexibility index (Phi) is 7.77. The zero-order valence-corrected chi connectivity index (χ0v) is 12.1. The Hall–Kier alpha value is 0.350. The van der Waals surface area contributed by atoms with Crippen LogP contribution < -0.4 is 0 Å². The van der Waals surface area contributed by atoms with Crippen LogP contribution in [-0.4, -0.2) is 48.5 Å². The lowest BCUT2D eigenvalue weighted by atomic mass is 10.5. The number of hydrogen-bond donors (Lipinski definition) is 0. The Morgan fingerprint density at radius 3 is 1.87 bits per heavy atom. The van der Waals surface area contributed by atoms with Crippen molar-refractivity contribution in [3.8, 4) is 0 Å². The third-order valence-corrected chi connectivity index (χ3v) is 4.71. The molecule has 0 unspecified atom stereocenters. The molecule has 0 aliphatic heterocycles. The molecule has 0 radical (unpaired) electrons. The van der Waals surface area contributed by atoms with E-state index in [0.29, 0.717) is 31.5 Å². The third-order valence-electron chi connectivity index (χ3n) is 2.16. The maximum atomic E-state index is 12.1. The lowest BCUT2D eigenvalue weighted by Gasteiger charge is -2.27. The summed E-state index contributed by atoms with van der Waals surface area (Å²) in [6, 6.07) is 0. The maximum absolute atomic E-state index is 12.1. The van der Waals surface area contributed by atoms with Gasteiger partial charge in [-0.1, -0.05) is 36.7 Å². The SMILES string of the molecule is CCCN(CCBr)S(=O)(=O)N(CC)CC. The Morgan fingerprint density at radius 2 is 1.53 bits per heavy atom. The zero-order valence-electron chi connectivity index (χ0n) is 9.74. The quantitative estimate of drug-likeness (QED) is 0.640. The summed E-state index contributed by atoms with van der Waals surface area (Å²) in [5, 5.41) is 0.674. The molecule has 0 saturated heterocycles. The summed E-state index contributed by atoms with van der Waals surface area (Å²) in [4.78, 5) is 0. The van der Waals surface area contributed by atoms with Crippen molar-refractivity contribution in [3.05, 3.63) is 0 Å². The van der Waals surface area contributed by atoms with Gasteiger partial charge in [-0.2, -0.15) is 17.0 Å². The normalized spacial score (nSPS) is 12.7. The van der Waals surface area contributed by atoms with Gasteiger partial charge in [0.2, 0.25) is 0 Å². The van der Waals surface area contributed by atoms with Gasteiger partial charge in [-0.25, -0.2) is 0 Å². The van der Waals surface area contributed by atoms with Gasteiger partial charge >= 0.3 is 0 Å². The van der Waals surface area contributed by atoms with Crippen molar-refractivity contribution in [1.29, 1.82) is 0 Å².